The van der Waals surface area contributed by atoms with Crippen LogP contribution in [0.2, 0.25) is 0 Å². The Labute approximate surface area is 100 Å². The lowest BCUT2D eigenvalue weighted by atomic mass is 9.84. The minimum atomic E-state index is 0.696. The Morgan fingerprint density at radius 3 is 2.75 bits per heavy atom. The zero-order valence-electron chi connectivity index (χ0n) is 11.1. The molecule has 1 heterocycles. The van der Waals surface area contributed by atoms with Crippen molar-refractivity contribution in [3.8, 4) is 0 Å². The molecule has 0 aromatic heterocycles. The van der Waals surface area contributed by atoms with Gasteiger partial charge in [0.05, 0.1) is 19.9 Å². The van der Waals surface area contributed by atoms with E-state index < -0.39 is 0 Å². The normalized spacial score (nSPS) is 27.2. The second-order valence-corrected chi connectivity index (χ2v) is 4.92. The topological polar surface area (TPSA) is 21.7 Å². The summed E-state index contributed by atoms with van der Waals surface area (Å²) in [5.41, 5.74) is 0. The molecule has 2 atom stereocenters. The second-order valence-electron chi connectivity index (χ2n) is 4.92. The smallest absolute Gasteiger partial charge is 0.0991 e. The fourth-order valence-corrected chi connectivity index (χ4v) is 2.53. The van der Waals surface area contributed by atoms with Gasteiger partial charge >= 0.3 is 0 Å². The van der Waals surface area contributed by atoms with E-state index in [1.165, 1.54) is 32.4 Å². The Hall–Kier alpha value is -0.120. The predicted octanol–water partition coefficient (Wildman–Crippen LogP) is 2.37. The molecule has 0 aliphatic carbocycles. The van der Waals surface area contributed by atoms with Gasteiger partial charge in [-0.15, -0.1) is 0 Å². The first kappa shape index (κ1) is 13.9. The van der Waals surface area contributed by atoms with Crippen LogP contribution in [0, 0.1) is 11.8 Å². The molecule has 0 aromatic rings. The van der Waals surface area contributed by atoms with Crippen molar-refractivity contribution in [2.24, 2.45) is 11.8 Å². The van der Waals surface area contributed by atoms with Crippen molar-refractivity contribution in [1.29, 1.82) is 0 Å². The molecule has 3 nitrogen and oxygen atoms in total. The van der Waals surface area contributed by atoms with Crippen molar-refractivity contribution in [1.82, 2.24) is 4.90 Å². The summed E-state index contributed by atoms with van der Waals surface area (Å²) in [6.45, 7) is 9.22. The molecule has 0 saturated carbocycles. The molecule has 1 fully saturated rings. The van der Waals surface area contributed by atoms with Gasteiger partial charge in [-0.3, -0.25) is 4.90 Å². The average Bonchev–Trinajstić information content (AvgIpc) is 2.28. The summed E-state index contributed by atoms with van der Waals surface area (Å²) >= 11 is 0. The Morgan fingerprint density at radius 2 is 2.12 bits per heavy atom. The highest BCUT2D eigenvalue weighted by atomic mass is 16.5. The van der Waals surface area contributed by atoms with Gasteiger partial charge in [-0.2, -0.15) is 0 Å². The standard InChI is InChI=1S/C13H27NO2/c1-4-5-13-6-7-14(10-12(13)2)11-16-9-8-15-3/h12-13H,4-11H2,1-3H3. The van der Waals surface area contributed by atoms with Gasteiger partial charge in [-0.25, -0.2) is 0 Å². The molecule has 1 saturated heterocycles. The highest BCUT2D eigenvalue weighted by molar-refractivity contribution is 4.76. The van der Waals surface area contributed by atoms with Crippen LogP contribution in [0.4, 0.5) is 0 Å². The third kappa shape index (κ3) is 4.81. The molecule has 1 aliphatic heterocycles. The monoisotopic (exact) mass is 229 g/mol. The molecule has 0 amide bonds. The Kier molecular flexibility index (Phi) is 7.01. The van der Waals surface area contributed by atoms with Crippen molar-refractivity contribution in [3.63, 3.8) is 0 Å². The molecule has 1 rings (SSSR count). The summed E-state index contributed by atoms with van der Waals surface area (Å²) in [5.74, 6) is 1.75. The molecule has 0 spiro atoms. The number of nitrogens with zero attached hydrogens (tertiary/aromatic N) is 1. The maximum Gasteiger partial charge on any atom is 0.0991 e. The third-order valence-electron chi connectivity index (χ3n) is 3.53. The van der Waals surface area contributed by atoms with E-state index >= 15 is 0 Å². The van der Waals surface area contributed by atoms with Gasteiger partial charge in [0.2, 0.25) is 0 Å². The molecule has 0 N–H and O–H groups in total. The van der Waals surface area contributed by atoms with E-state index in [1.807, 2.05) is 0 Å². The number of hydrogen-bond acceptors (Lipinski definition) is 3. The molecule has 2 unspecified atom stereocenters. The number of hydrogen-bond donors (Lipinski definition) is 0. The first-order valence-electron chi connectivity index (χ1n) is 6.57. The summed E-state index contributed by atoms with van der Waals surface area (Å²) in [6, 6.07) is 0. The number of rotatable bonds is 7. The van der Waals surface area contributed by atoms with E-state index in [-0.39, 0.29) is 0 Å². The van der Waals surface area contributed by atoms with Gasteiger partial charge < -0.3 is 9.47 Å². The maximum absolute atomic E-state index is 5.56. The molecule has 0 radical (unpaired) electrons. The van der Waals surface area contributed by atoms with Crippen LogP contribution < -0.4 is 0 Å². The largest absolute Gasteiger partial charge is 0.382 e. The van der Waals surface area contributed by atoms with Crippen molar-refractivity contribution >= 4 is 0 Å². The summed E-state index contributed by atoms with van der Waals surface area (Å²) in [6.07, 6.45) is 4.04. The van der Waals surface area contributed by atoms with Crippen LogP contribution in [0.25, 0.3) is 0 Å². The van der Waals surface area contributed by atoms with Crippen LogP contribution in [0.3, 0.4) is 0 Å². The summed E-state index contributed by atoms with van der Waals surface area (Å²) < 4.78 is 10.5. The summed E-state index contributed by atoms with van der Waals surface area (Å²) in [4.78, 5) is 2.42. The van der Waals surface area contributed by atoms with Gasteiger partial charge in [0.15, 0.2) is 0 Å². The molecule has 0 aromatic carbocycles. The highest BCUT2D eigenvalue weighted by Crippen LogP contribution is 2.26. The maximum atomic E-state index is 5.56. The molecule has 3 heteroatoms. The fraction of sp³-hybridized carbons (Fsp3) is 1.00. The molecule has 1 aliphatic rings. The lowest BCUT2D eigenvalue weighted by Gasteiger charge is -2.36. The van der Waals surface area contributed by atoms with E-state index in [0.29, 0.717) is 13.2 Å². The third-order valence-corrected chi connectivity index (χ3v) is 3.53. The van der Waals surface area contributed by atoms with Crippen LogP contribution in [0.5, 0.6) is 0 Å². The Morgan fingerprint density at radius 1 is 1.31 bits per heavy atom. The van der Waals surface area contributed by atoms with E-state index in [1.54, 1.807) is 7.11 Å². The molecule has 96 valence electrons. The second kappa shape index (κ2) is 8.04. The zero-order valence-corrected chi connectivity index (χ0v) is 11.1. The number of likely N-dealkylation sites (tertiary alicyclic amines) is 1. The SMILES string of the molecule is CCCC1CCN(COCCOC)CC1C. The number of piperidine rings is 1. The van der Waals surface area contributed by atoms with Gasteiger partial charge in [0.1, 0.15) is 0 Å². The van der Waals surface area contributed by atoms with Gasteiger partial charge in [0, 0.05) is 20.2 Å². The van der Waals surface area contributed by atoms with Crippen molar-refractivity contribution in [2.75, 3.05) is 40.1 Å². The van der Waals surface area contributed by atoms with E-state index in [2.05, 4.69) is 18.7 Å². The minimum Gasteiger partial charge on any atom is -0.382 e. The van der Waals surface area contributed by atoms with Gasteiger partial charge in [-0.1, -0.05) is 26.7 Å². The lowest BCUT2D eigenvalue weighted by molar-refractivity contribution is -0.0214. The molecular weight excluding hydrogens is 202 g/mol. The van der Waals surface area contributed by atoms with Gasteiger partial charge in [-0.05, 0) is 18.3 Å². The quantitative estimate of drug-likeness (QED) is 0.626. The van der Waals surface area contributed by atoms with Crippen molar-refractivity contribution in [2.45, 2.75) is 33.1 Å². The molecule has 0 bridgehead atoms. The minimum absolute atomic E-state index is 0.696. The average molecular weight is 229 g/mol. The Bertz CT molecular complexity index is 173. The van der Waals surface area contributed by atoms with E-state index in [4.69, 9.17) is 9.47 Å². The number of ether oxygens (including phenoxy) is 2. The number of methoxy groups -OCH3 is 1. The molecular formula is C13H27NO2. The lowest BCUT2D eigenvalue weighted by Crippen LogP contribution is -2.40. The Balaban J connectivity index is 2.13. The first-order valence-corrected chi connectivity index (χ1v) is 6.57. The highest BCUT2D eigenvalue weighted by Gasteiger charge is 2.24. The van der Waals surface area contributed by atoms with Crippen LogP contribution >= 0.6 is 0 Å². The fourth-order valence-electron chi connectivity index (χ4n) is 2.53. The van der Waals surface area contributed by atoms with Crippen molar-refractivity contribution in [3.05, 3.63) is 0 Å². The van der Waals surface area contributed by atoms with E-state index in [9.17, 15) is 0 Å². The first-order chi connectivity index (χ1) is 7.77. The van der Waals surface area contributed by atoms with Gasteiger partial charge in [0.25, 0.3) is 0 Å². The summed E-state index contributed by atoms with van der Waals surface area (Å²) in [7, 11) is 1.71. The van der Waals surface area contributed by atoms with Crippen LogP contribution in [0.1, 0.15) is 33.1 Å². The van der Waals surface area contributed by atoms with E-state index in [0.717, 1.165) is 18.6 Å². The van der Waals surface area contributed by atoms with Crippen LogP contribution in [-0.4, -0.2) is 45.0 Å². The summed E-state index contributed by atoms with van der Waals surface area (Å²) in [5, 5.41) is 0. The van der Waals surface area contributed by atoms with Crippen LogP contribution in [0.15, 0.2) is 0 Å². The van der Waals surface area contributed by atoms with Crippen LogP contribution in [-0.2, 0) is 9.47 Å². The predicted molar refractivity (Wildman–Crippen MR) is 66.4 cm³/mol. The zero-order chi connectivity index (χ0) is 11.8. The van der Waals surface area contributed by atoms with Crippen molar-refractivity contribution < 1.29 is 9.47 Å². The molecule has 16 heavy (non-hydrogen) atoms.